The topological polar surface area (TPSA) is 100 Å². The second-order valence-electron chi connectivity index (χ2n) is 5.10. The zero-order valence-corrected chi connectivity index (χ0v) is 11.6. The fourth-order valence-corrected chi connectivity index (χ4v) is 2.65. The fourth-order valence-electron chi connectivity index (χ4n) is 2.65. The highest BCUT2D eigenvalue weighted by molar-refractivity contribution is 5.89. The summed E-state index contributed by atoms with van der Waals surface area (Å²) in [6, 6.07) is 9.68. The Labute approximate surface area is 125 Å². The molecule has 3 aromatic heterocycles. The first-order valence-corrected chi connectivity index (χ1v) is 6.91. The third kappa shape index (κ3) is 1.89. The molecule has 0 spiro atoms. The van der Waals surface area contributed by atoms with Crippen molar-refractivity contribution < 1.29 is 0 Å². The van der Waals surface area contributed by atoms with Crippen LogP contribution in [0.5, 0.6) is 0 Å². The maximum Gasteiger partial charge on any atom is 0.272 e. The molecule has 6 nitrogen and oxygen atoms in total. The Morgan fingerprint density at radius 1 is 1.09 bits per heavy atom. The van der Waals surface area contributed by atoms with Crippen LogP contribution in [0.1, 0.15) is 5.69 Å². The molecule has 0 aliphatic carbocycles. The zero-order valence-electron chi connectivity index (χ0n) is 11.6. The van der Waals surface area contributed by atoms with Crippen molar-refractivity contribution in [1.29, 1.82) is 0 Å². The second-order valence-corrected chi connectivity index (χ2v) is 5.10. The molecule has 0 saturated heterocycles. The summed E-state index contributed by atoms with van der Waals surface area (Å²) in [6.45, 7) is 0.270. The molecule has 0 amide bonds. The van der Waals surface area contributed by atoms with Crippen molar-refractivity contribution in [3.8, 4) is 11.1 Å². The highest BCUT2D eigenvalue weighted by atomic mass is 16.1. The Kier molecular flexibility index (Phi) is 2.77. The van der Waals surface area contributed by atoms with Gasteiger partial charge in [0.1, 0.15) is 5.65 Å². The predicted octanol–water partition coefficient (Wildman–Crippen LogP) is 1.93. The maximum atomic E-state index is 11.9. The van der Waals surface area contributed by atoms with Gasteiger partial charge in [0.25, 0.3) is 5.56 Å². The predicted molar refractivity (Wildman–Crippen MR) is 85.3 cm³/mol. The van der Waals surface area contributed by atoms with Crippen LogP contribution in [0, 0.1) is 0 Å². The molecule has 0 unspecified atom stereocenters. The van der Waals surface area contributed by atoms with Gasteiger partial charge in [0.2, 0.25) is 0 Å². The van der Waals surface area contributed by atoms with Crippen molar-refractivity contribution in [2.45, 2.75) is 6.54 Å². The van der Waals surface area contributed by atoms with Gasteiger partial charge in [-0.25, -0.2) is 10.1 Å². The summed E-state index contributed by atoms with van der Waals surface area (Å²) in [7, 11) is 0. The van der Waals surface area contributed by atoms with Gasteiger partial charge in [-0.15, -0.1) is 0 Å². The van der Waals surface area contributed by atoms with Gasteiger partial charge >= 0.3 is 0 Å². The molecule has 6 heteroatoms. The van der Waals surface area contributed by atoms with E-state index >= 15 is 0 Å². The van der Waals surface area contributed by atoms with E-state index in [0.717, 1.165) is 27.5 Å². The van der Waals surface area contributed by atoms with E-state index in [9.17, 15) is 4.79 Å². The lowest BCUT2D eigenvalue weighted by Crippen LogP contribution is -2.13. The number of rotatable bonds is 2. The third-order valence-corrected chi connectivity index (χ3v) is 3.79. The van der Waals surface area contributed by atoms with Gasteiger partial charge in [0.05, 0.1) is 11.1 Å². The van der Waals surface area contributed by atoms with Crippen molar-refractivity contribution in [3.05, 3.63) is 58.8 Å². The highest BCUT2D eigenvalue weighted by Gasteiger charge is 2.08. The van der Waals surface area contributed by atoms with Gasteiger partial charge in [-0.3, -0.25) is 4.79 Å². The summed E-state index contributed by atoms with van der Waals surface area (Å²) in [6.07, 6.45) is 3.67. The van der Waals surface area contributed by atoms with Crippen molar-refractivity contribution in [2.75, 3.05) is 0 Å². The number of nitrogens with zero attached hydrogens (tertiary/aromatic N) is 2. The van der Waals surface area contributed by atoms with E-state index in [1.54, 1.807) is 6.07 Å². The minimum atomic E-state index is -0.210. The molecular formula is C16H13N5O. The van der Waals surface area contributed by atoms with Crippen LogP contribution in [0.3, 0.4) is 0 Å². The number of hydrogen-bond acceptors (Lipinski definition) is 4. The molecule has 0 bridgehead atoms. The third-order valence-electron chi connectivity index (χ3n) is 3.79. The average Bonchev–Trinajstić information content (AvgIpc) is 3.02. The lowest BCUT2D eigenvalue weighted by atomic mass is 10.0. The molecule has 4 N–H and O–H groups in total. The first-order valence-electron chi connectivity index (χ1n) is 6.91. The van der Waals surface area contributed by atoms with E-state index in [2.05, 4.69) is 26.2 Å². The number of H-pyrrole nitrogens is 2. The van der Waals surface area contributed by atoms with Gasteiger partial charge in [-0.05, 0) is 29.8 Å². The van der Waals surface area contributed by atoms with Crippen LogP contribution in [-0.4, -0.2) is 20.2 Å². The molecular weight excluding hydrogens is 278 g/mol. The van der Waals surface area contributed by atoms with Gasteiger partial charge in [0, 0.05) is 35.3 Å². The van der Waals surface area contributed by atoms with Crippen LogP contribution >= 0.6 is 0 Å². The van der Waals surface area contributed by atoms with Crippen molar-refractivity contribution in [3.63, 3.8) is 0 Å². The largest absolute Gasteiger partial charge is 0.346 e. The zero-order chi connectivity index (χ0) is 15.1. The average molecular weight is 291 g/mol. The normalized spacial score (nSPS) is 11.3. The van der Waals surface area contributed by atoms with Crippen molar-refractivity contribution in [1.82, 2.24) is 20.2 Å². The van der Waals surface area contributed by atoms with Crippen LogP contribution < -0.4 is 11.3 Å². The van der Waals surface area contributed by atoms with Gasteiger partial charge in [0.15, 0.2) is 0 Å². The van der Waals surface area contributed by atoms with Crippen LogP contribution in [0.4, 0.5) is 0 Å². The molecule has 4 rings (SSSR count). The van der Waals surface area contributed by atoms with Crippen LogP contribution in [0.25, 0.3) is 32.9 Å². The molecule has 108 valence electrons. The monoisotopic (exact) mass is 291 g/mol. The number of nitrogens with one attached hydrogen (secondary N) is 2. The van der Waals surface area contributed by atoms with Crippen LogP contribution in [-0.2, 0) is 6.54 Å². The fraction of sp³-hybridized carbons (Fsp3) is 0.0625. The van der Waals surface area contributed by atoms with E-state index in [0.29, 0.717) is 11.1 Å². The summed E-state index contributed by atoms with van der Waals surface area (Å²) < 4.78 is 0. The Bertz CT molecular complexity index is 1050. The summed E-state index contributed by atoms with van der Waals surface area (Å²) in [5.41, 5.74) is 8.99. The van der Waals surface area contributed by atoms with E-state index in [-0.39, 0.29) is 12.1 Å². The molecule has 0 aliphatic heterocycles. The number of pyridine rings is 1. The second kappa shape index (κ2) is 4.78. The summed E-state index contributed by atoms with van der Waals surface area (Å²) in [5, 5.41) is 8.90. The lowest BCUT2D eigenvalue weighted by Gasteiger charge is -2.06. The number of hydrogen-bond donors (Lipinski definition) is 3. The SMILES string of the molecule is NCc1n[nH]c(=O)c2ccc(-c3cnc4[nH]ccc4c3)cc12. The van der Waals surface area contributed by atoms with E-state index in [1.807, 2.05) is 30.6 Å². The molecule has 0 radical (unpaired) electrons. The number of aromatic amines is 2. The van der Waals surface area contributed by atoms with E-state index in [1.165, 1.54) is 0 Å². The van der Waals surface area contributed by atoms with Crippen molar-refractivity contribution >= 4 is 21.8 Å². The maximum absolute atomic E-state index is 11.9. The molecule has 3 heterocycles. The standard InChI is InChI=1S/C16H13N5O/c17-7-14-13-6-9(1-2-12(13)16(22)21-20-14)11-5-10-3-4-18-15(10)19-8-11/h1-6,8H,7,17H2,(H,18,19)(H,21,22). The van der Waals surface area contributed by atoms with Gasteiger partial charge in [-0.2, -0.15) is 5.10 Å². The van der Waals surface area contributed by atoms with Crippen LogP contribution in [0.15, 0.2) is 47.5 Å². The first-order chi connectivity index (χ1) is 10.8. The summed E-state index contributed by atoms with van der Waals surface area (Å²) >= 11 is 0. The summed E-state index contributed by atoms with van der Waals surface area (Å²) in [5.74, 6) is 0. The highest BCUT2D eigenvalue weighted by Crippen LogP contribution is 2.25. The number of fused-ring (bicyclic) bond motifs is 2. The minimum absolute atomic E-state index is 0.210. The number of benzene rings is 1. The Morgan fingerprint density at radius 2 is 2.00 bits per heavy atom. The smallest absolute Gasteiger partial charge is 0.272 e. The molecule has 0 aliphatic rings. The van der Waals surface area contributed by atoms with Gasteiger partial charge < -0.3 is 10.7 Å². The van der Waals surface area contributed by atoms with Crippen molar-refractivity contribution in [2.24, 2.45) is 5.73 Å². The van der Waals surface area contributed by atoms with Gasteiger partial charge in [-0.1, -0.05) is 6.07 Å². The van der Waals surface area contributed by atoms with E-state index < -0.39 is 0 Å². The molecule has 1 aromatic carbocycles. The number of aromatic nitrogens is 4. The quantitative estimate of drug-likeness (QED) is 0.525. The molecule has 0 atom stereocenters. The molecule has 4 aromatic rings. The first kappa shape index (κ1) is 12.7. The minimum Gasteiger partial charge on any atom is -0.346 e. The molecule has 22 heavy (non-hydrogen) atoms. The number of nitrogens with two attached hydrogens (primary N) is 1. The molecule has 0 fully saturated rings. The molecule has 0 saturated carbocycles. The lowest BCUT2D eigenvalue weighted by molar-refractivity contribution is 0.900. The summed E-state index contributed by atoms with van der Waals surface area (Å²) in [4.78, 5) is 19.3. The Morgan fingerprint density at radius 3 is 2.86 bits per heavy atom. The van der Waals surface area contributed by atoms with Crippen LogP contribution in [0.2, 0.25) is 0 Å². The Hall–Kier alpha value is -2.99. The Balaban J connectivity index is 1.96. The van der Waals surface area contributed by atoms with E-state index in [4.69, 9.17) is 5.73 Å².